The second-order valence-corrected chi connectivity index (χ2v) is 9.84. The van der Waals surface area contributed by atoms with E-state index in [1.165, 1.54) is 6.92 Å². The average Bonchev–Trinajstić information content (AvgIpc) is 3.35. The zero-order valence-corrected chi connectivity index (χ0v) is 23.3. The van der Waals surface area contributed by atoms with E-state index in [2.05, 4.69) is 4.98 Å². The van der Waals surface area contributed by atoms with Gasteiger partial charge >= 0.3 is 23.6 Å². The van der Waals surface area contributed by atoms with Crippen molar-refractivity contribution in [2.75, 3.05) is 6.61 Å². The molecule has 11 heteroatoms. The van der Waals surface area contributed by atoms with Gasteiger partial charge in [-0.15, -0.1) is 0 Å². The molecule has 0 unspecified atom stereocenters. The summed E-state index contributed by atoms with van der Waals surface area (Å²) in [6, 6.07) is 24.5. The van der Waals surface area contributed by atoms with E-state index < -0.39 is 60.3 Å². The predicted molar refractivity (Wildman–Crippen MR) is 153 cm³/mol. The summed E-state index contributed by atoms with van der Waals surface area (Å²) in [6.45, 7) is 2.65. The maximum atomic E-state index is 13.3. The second-order valence-electron chi connectivity index (χ2n) is 9.84. The van der Waals surface area contributed by atoms with E-state index in [1.807, 2.05) is 0 Å². The predicted octanol–water partition coefficient (Wildman–Crippen LogP) is 3.36. The van der Waals surface area contributed by atoms with E-state index in [1.54, 1.807) is 97.9 Å². The number of hydrogen-bond acceptors (Lipinski definition) is 9. The molecule has 0 bridgehead atoms. The number of aromatic amines is 1. The zero-order chi connectivity index (χ0) is 30.5. The van der Waals surface area contributed by atoms with Gasteiger partial charge in [0.1, 0.15) is 12.7 Å². The molecule has 1 aliphatic rings. The Kier molecular flexibility index (Phi) is 8.63. The summed E-state index contributed by atoms with van der Waals surface area (Å²) in [6.07, 6.45) is -5.24. The number of aromatic nitrogens is 2. The van der Waals surface area contributed by atoms with Gasteiger partial charge < -0.3 is 18.9 Å². The lowest BCUT2D eigenvalue weighted by molar-refractivity contribution is -0.0648. The van der Waals surface area contributed by atoms with Crippen molar-refractivity contribution in [3.63, 3.8) is 0 Å². The molecule has 1 saturated heterocycles. The van der Waals surface area contributed by atoms with Crippen molar-refractivity contribution >= 4 is 17.9 Å². The lowest BCUT2D eigenvalue weighted by atomic mass is 10.1. The highest BCUT2D eigenvalue weighted by Gasteiger charge is 2.52. The van der Waals surface area contributed by atoms with Crippen LogP contribution in [0, 0.1) is 13.8 Å². The molecule has 0 spiro atoms. The zero-order valence-electron chi connectivity index (χ0n) is 23.3. The summed E-state index contributed by atoms with van der Waals surface area (Å²) >= 11 is 0. The number of ether oxygens (including phenoxy) is 4. The first kappa shape index (κ1) is 29.2. The molecular formula is C32H28N2O9. The van der Waals surface area contributed by atoms with Crippen LogP contribution in [0.25, 0.3) is 0 Å². The van der Waals surface area contributed by atoms with Crippen molar-refractivity contribution in [3.8, 4) is 0 Å². The number of carbonyl (C=O) groups excluding carboxylic acids is 3. The number of benzene rings is 3. The Morgan fingerprint density at radius 1 is 0.721 bits per heavy atom. The molecule has 0 radical (unpaired) electrons. The van der Waals surface area contributed by atoms with Crippen LogP contribution < -0.4 is 11.2 Å². The minimum Gasteiger partial charge on any atom is -0.459 e. The van der Waals surface area contributed by atoms with E-state index in [9.17, 15) is 24.0 Å². The average molecular weight is 585 g/mol. The molecule has 2 heterocycles. The lowest BCUT2D eigenvalue weighted by Crippen LogP contribution is -2.44. The Hall–Kier alpha value is -5.29. The molecule has 4 atom stereocenters. The number of nitrogens with zero attached hydrogens (tertiary/aromatic N) is 1. The summed E-state index contributed by atoms with van der Waals surface area (Å²) in [5, 5.41) is 0. The molecule has 1 aliphatic heterocycles. The number of hydrogen-bond donors (Lipinski definition) is 1. The molecule has 1 fully saturated rings. The third-order valence-corrected chi connectivity index (χ3v) is 7.12. The van der Waals surface area contributed by atoms with Crippen LogP contribution in [-0.4, -0.2) is 52.4 Å². The Balaban J connectivity index is 1.55. The molecule has 4 aromatic rings. The molecule has 5 rings (SSSR count). The van der Waals surface area contributed by atoms with Gasteiger partial charge in [0.2, 0.25) is 0 Å². The number of rotatable bonds is 8. The third-order valence-electron chi connectivity index (χ3n) is 7.12. The standard InChI is InChI=1S/C32H28N2O9/c1-19-20(2)34(32(39)33-27(19)35)28-26(43-31(38)23-16-10-5-11-17-23)25(42-30(37)22-14-8-4-9-15-22)24(41-28)18-40-29(36)21-12-6-3-7-13-21/h3-17,24-26,28H,18H2,1-2H3,(H,33,35,39)/t24-,25-,26-,28-/m1/s1. The first-order valence-electron chi connectivity index (χ1n) is 13.5. The molecule has 0 saturated carbocycles. The van der Waals surface area contributed by atoms with E-state index >= 15 is 0 Å². The number of esters is 3. The van der Waals surface area contributed by atoms with Crippen molar-refractivity contribution in [2.45, 2.75) is 38.4 Å². The van der Waals surface area contributed by atoms with Crippen molar-refractivity contribution in [1.82, 2.24) is 9.55 Å². The van der Waals surface area contributed by atoms with Crippen LogP contribution in [0.2, 0.25) is 0 Å². The number of carbonyl (C=O) groups is 3. The van der Waals surface area contributed by atoms with E-state index in [-0.39, 0.29) is 27.9 Å². The van der Waals surface area contributed by atoms with Crippen LogP contribution in [0.5, 0.6) is 0 Å². The summed E-state index contributed by atoms with van der Waals surface area (Å²) in [4.78, 5) is 66.9. The van der Waals surface area contributed by atoms with E-state index in [4.69, 9.17) is 18.9 Å². The SMILES string of the molecule is Cc1c(C)n([C@@H]2O[C@H](COC(=O)c3ccccc3)[C@@H](OC(=O)c3ccccc3)[C@H]2OC(=O)c2ccccc2)c(=O)[nH]c1=O. The number of H-pyrrole nitrogens is 1. The van der Waals surface area contributed by atoms with E-state index in [0.29, 0.717) is 0 Å². The fourth-order valence-corrected chi connectivity index (χ4v) is 4.72. The first-order valence-corrected chi connectivity index (χ1v) is 13.5. The fourth-order valence-electron chi connectivity index (χ4n) is 4.72. The van der Waals surface area contributed by atoms with Crippen molar-refractivity contribution in [1.29, 1.82) is 0 Å². The lowest BCUT2D eigenvalue weighted by Gasteiger charge is -2.26. The van der Waals surface area contributed by atoms with Gasteiger partial charge in [0.05, 0.1) is 16.7 Å². The highest BCUT2D eigenvalue weighted by Crippen LogP contribution is 2.35. The van der Waals surface area contributed by atoms with Crippen LogP contribution >= 0.6 is 0 Å². The van der Waals surface area contributed by atoms with Gasteiger partial charge in [0.15, 0.2) is 18.4 Å². The quantitative estimate of drug-likeness (QED) is 0.244. The topological polar surface area (TPSA) is 143 Å². The Labute approximate surface area is 245 Å². The van der Waals surface area contributed by atoms with Crippen LogP contribution in [0.3, 0.4) is 0 Å². The molecule has 0 aliphatic carbocycles. The molecule has 3 aromatic carbocycles. The van der Waals surface area contributed by atoms with Crippen LogP contribution in [0.15, 0.2) is 101 Å². The molecule has 43 heavy (non-hydrogen) atoms. The Bertz CT molecular complexity index is 1730. The van der Waals surface area contributed by atoms with Crippen molar-refractivity contribution in [2.24, 2.45) is 0 Å². The highest BCUT2D eigenvalue weighted by molar-refractivity contribution is 5.91. The summed E-state index contributed by atoms with van der Waals surface area (Å²) in [5.74, 6) is -2.18. The first-order chi connectivity index (χ1) is 20.7. The van der Waals surface area contributed by atoms with Crippen molar-refractivity contribution < 1.29 is 33.3 Å². The molecule has 1 aromatic heterocycles. The molecule has 220 valence electrons. The highest BCUT2D eigenvalue weighted by atomic mass is 16.7. The van der Waals surface area contributed by atoms with E-state index in [0.717, 1.165) is 4.57 Å². The monoisotopic (exact) mass is 584 g/mol. The van der Waals surface area contributed by atoms with Crippen LogP contribution in [0.1, 0.15) is 48.6 Å². The normalized spacial score (nSPS) is 19.4. The summed E-state index contributed by atoms with van der Waals surface area (Å²) in [5.41, 5.74) is -0.237. The molecular weight excluding hydrogens is 556 g/mol. The largest absolute Gasteiger partial charge is 0.459 e. The van der Waals surface area contributed by atoms with Gasteiger partial charge in [-0.1, -0.05) is 54.6 Å². The minimum atomic E-state index is -1.39. The summed E-state index contributed by atoms with van der Waals surface area (Å²) in [7, 11) is 0. The van der Waals surface area contributed by atoms with Crippen molar-refractivity contribution in [3.05, 3.63) is 140 Å². The summed E-state index contributed by atoms with van der Waals surface area (Å²) < 4.78 is 24.6. The maximum absolute atomic E-state index is 13.3. The minimum absolute atomic E-state index is 0.204. The van der Waals surface area contributed by atoms with Gasteiger partial charge in [0.25, 0.3) is 5.56 Å². The Morgan fingerprint density at radius 2 is 1.19 bits per heavy atom. The van der Waals surface area contributed by atoms with Gasteiger partial charge in [0, 0.05) is 11.3 Å². The smallest absolute Gasteiger partial charge is 0.338 e. The van der Waals surface area contributed by atoms with Gasteiger partial charge in [-0.25, -0.2) is 19.2 Å². The van der Waals surface area contributed by atoms with Gasteiger partial charge in [-0.05, 0) is 50.2 Å². The molecule has 11 nitrogen and oxygen atoms in total. The van der Waals surface area contributed by atoms with Crippen LogP contribution in [0.4, 0.5) is 0 Å². The fraction of sp³-hybridized carbons (Fsp3) is 0.219. The molecule has 0 amide bonds. The second kappa shape index (κ2) is 12.7. The van der Waals surface area contributed by atoms with Crippen LogP contribution in [-0.2, 0) is 18.9 Å². The van der Waals surface area contributed by atoms with Gasteiger partial charge in [-0.2, -0.15) is 0 Å². The molecule has 1 N–H and O–H groups in total. The maximum Gasteiger partial charge on any atom is 0.338 e. The number of nitrogens with one attached hydrogen (secondary N) is 1. The van der Waals surface area contributed by atoms with Gasteiger partial charge in [-0.3, -0.25) is 14.3 Å². The third kappa shape index (κ3) is 6.31. The Morgan fingerprint density at radius 3 is 1.70 bits per heavy atom.